The van der Waals surface area contributed by atoms with Crippen LogP contribution in [0.15, 0.2) is 12.2 Å². The Kier molecular flexibility index (Phi) is 6.09. The van der Waals surface area contributed by atoms with Crippen LogP contribution in [0.5, 0.6) is 0 Å². The first-order valence-electron chi connectivity index (χ1n) is 6.28. The van der Waals surface area contributed by atoms with Crippen molar-refractivity contribution in [3.8, 4) is 0 Å². The molecule has 4 nitrogen and oxygen atoms in total. The molecule has 0 saturated heterocycles. The van der Waals surface area contributed by atoms with Gasteiger partial charge in [-0.1, -0.05) is 26.8 Å². The van der Waals surface area contributed by atoms with E-state index in [0.717, 1.165) is 0 Å². The zero-order valence-corrected chi connectivity index (χ0v) is 13.6. The van der Waals surface area contributed by atoms with E-state index in [2.05, 4.69) is 33.9 Å². The fourth-order valence-electron chi connectivity index (χ4n) is 1.22. The monoisotopic (exact) mass is 273 g/mol. The van der Waals surface area contributed by atoms with Gasteiger partial charge in [-0.2, -0.15) is 0 Å². The van der Waals surface area contributed by atoms with Crippen LogP contribution in [-0.2, 0) is 9.16 Å². The second kappa shape index (κ2) is 6.38. The van der Waals surface area contributed by atoms with Crippen LogP contribution in [0.2, 0.25) is 18.1 Å². The van der Waals surface area contributed by atoms with Crippen molar-refractivity contribution < 1.29 is 14.0 Å². The minimum Gasteiger partial charge on any atom is -0.442 e. The number of primary amides is 1. The summed E-state index contributed by atoms with van der Waals surface area (Å²) in [5.41, 5.74) is 4.94. The number of carbonyl (C=O) groups is 1. The summed E-state index contributed by atoms with van der Waals surface area (Å²) in [5.74, 6) is 0. The van der Waals surface area contributed by atoms with Gasteiger partial charge >= 0.3 is 6.09 Å². The van der Waals surface area contributed by atoms with Gasteiger partial charge in [0.25, 0.3) is 0 Å². The molecule has 0 fully saturated rings. The Hall–Kier alpha value is -0.813. The number of ether oxygens (including phenoxy) is 1. The summed E-state index contributed by atoms with van der Waals surface area (Å²) >= 11 is 0. The molecule has 0 aromatic rings. The lowest BCUT2D eigenvalue weighted by molar-refractivity contribution is 0.136. The van der Waals surface area contributed by atoms with Gasteiger partial charge in [0.15, 0.2) is 8.32 Å². The Labute approximate surface area is 112 Å². The van der Waals surface area contributed by atoms with E-state index in [1.165, 1.54) is 0 Å². The molecule has 0 saturated carbocycles. The van der Waals surface area contributed by atoms with Gasteiger partial charge < -0.3 is 14.9 Å². The van der Waals surface area contributed by atoms with Gasteiger partial charge in [0.05, 0.1) is 6.10 Å². The van der Waals surface area contributed by atoms with Crippen LogP contribution in [0, 0.1) is 0 Å². The topological polar surface area (TPSA) is 61.5 Å². The minimum atomic E-state index is -1.76. The van der Waals surface area contributed by atoms with Crippen molar-refractivity contribution in [2.45, 2.75) is 65.0 Å². The van der Waals surface area contributed by atoms with Gasteiger partial charge in [-0.25, -0.2) is 4.79 Å². The van der Waals surface area contributed by atoms with E-state index in [0.29, 0.717) is 0 Å². The number of carbonyl (C=O) groups excluding carboxylic acids is 1. The number of hydrogen-bond donors (Lipinski definition) is 1. The van der Waals surface area contributed by atoms with Gasteiger partial charge in [0.1, 0.15) is 6.10 Å². The van der Waals surface area contributed by atoms with Crippen molar-refractivity contribution >= 4 is 14.4 Å². The number of rotatable bonds is 5. The molecule has 0 bridgehead atoms. The third-order valence-electron chi connectivity index (χ3n) is 3.24. The summed E-state index contributed by atoms with van der Waals surface area (Å²) in [7, 11) is -1.76. The summed E-state index contributed by atoms with van der Waals surface area (Å²) in [6.45, 7) is 14.8. The van der Waals surface area contributed by atoms with Crippen LogP contribution >= 0.6 is 0 Å². The third-order valence-corrected chi connectivity index (χ3v) is 7.82. The molecular weight excluding hydrogens is 246 g/mol. The number of amides is 1. The predicted molar refractivity (Wildman–Crippen MR) is 77.0 cm³/mol. The summed E-state index contributed by atoms with van der Waals surface area (Å²) in [6.07, 6.45) is 2.62. The van der Waals surface area contributed by atoms with Gasteiger partial charge in [-0.3, -0.25) is 0 Å². The molecule has 18 heavy (non-hydrogen) atoms. The summed E-state index contributed by atoms with van der Waals surface area (Å²) in [4.78, 5) is 10.6. The highest BCUT2D eigenvalue weighted by Gasteiger charge is 2.37. The Morgan fingerprint density at radius 2 is 1.61 bits per heavy atom. The van der Waals surface area contributed by atoms with Gasteiger partial charge in [0, 0.05) is 0 Å². The maximum absolute atomic E-state index is 10.6. The highest BCUT2D eigenvalue weighted by Crippen LogP contribution is 2.37. The lowest BCUT2D eigenvalue weighted by Gasteiger charge is -2.37. The maximum atomic E-state index is 10.6. The second-order valence-corrected chi connectivity index (χ2v) is 10.9. The summed E-state index contributed by atoms with van der Waals surface area (Å²) < 4.78 is 10.9. The fourth-order valence-corrected chi connectivity index (χ4v) is 2.58. The van der Waals surface area contributed by atoms with Gasteiger partial charge in [-0.05, 0) is 38.1 Å². The van der Waals surface area contributed by atoms with Crippen LogP contribution in [0.3, 0.4) is 0 Å². The molecule has 106 valence electrons. The van der Waals surface area contributed by atoms with E-state index in [1.807, 2.05) is 13.0 Å². The smallest absolute Gasteiger partial charge is 0.405 e. The predicted octanol–water partition coefficient (Wildman–Crippen LogP) is 3.44. The molecule has 0 aromatic carbocycles. The van der Waals surface area contributed by atoms with Crippen molar-refractivity contribution in [1.29, 1.82) is 0 Å². The number of nitrogens with two attached hydrogens (primary N) is 1. The van der Waals surface area contributed by atoms with Gasteiger partial charge in [0.2, 0.25) is 0 Å². The van der Waals surface area contributed by atoms with Crippen LogP contribution in [0.4, 0.5) is 4.79 Å². The van der Waals surface area contributed by atoms with Crippen LogP contribution in [-0.4, -0.2) is 26.6 Å². The Bertz CT molecular complexity index is 308. The zero-order valence-electron chi connectivity index (χ0n) is 12.6. The maximum Gasteiger partial charge on any atom is 0.405 e. The van der Waals surface area contributed by atoms with E-state index < -0.39 is 14.4 Å². The van der Waals surface area contributed by atoms with E-state index in [9.17, 15) is 4.79 Å². The van der Waals surface area contributed by atoms with Crippen LogP contribution < -0.4 is 5.73 Å². The van der Waals surface area contributed by atoms with E-state index in [-0.39, 0.29) is 17.2 Å². The molecule has 0 aliphatic rings. The summed E-state index contributed by atoms with van der Waals surface area (Å²) in [5, 5.41) is 0.185. The largest absolute Gasteiger partial charge is 0.442 e. The standard InChI is InChI=1S/C13H27NO3Si/c1-10(16-12(14)15)8-9-11(2)17-18(6,7)13(3,4)5/h8-11H,1-7H3,(H2,14,15)/b9-8+/t10-,11?/m0/s1. The average molecular weight is 273 g/mol. The van der Waals surface area contributed by atoms with Crippen molar-refractivity contribution in [3.05, 3.63) is 12.2 Å². The first-order valence-corrected chi connectivity index (χ1v) is 9.19. The average Bonchev–Trinajstić information content (AvgIpc) is 2.11. The third kappa shape index (κ3) is 6.21. The highest BCUT2D eigenvalue weighted by atomic mass is 28.4. The lowest BCUT2D eigenvalue weighted by atomic mass is 10.2. The Morgan fingerprint density at radius 1 is 1.17 bits per heavy atom. The van der Waals surface area contributed by atoms with E-state index in [4.69, 9.17) is 14.9 Å². The molecule has 0 aromatic heterocycles. The molecule has 0 spiro atoms. The molecule has 0 aliphatic carbocycles. The van der Waals surface area contributed by atoms with Gasteiger partial charge in [-0.15, -0.1) is 0 Å². The molecule has 0 heterocycles. The molecule has 2 N–H and O–H groups in total. The summed E-state index contributed by atoms with van der Waals surface area (Å²) in [6, 6.07) is 0. The van der Waals surface area contributed by atoms with Crippen molar-refractivity contribution in [2.75, 3.05) is 0 Å². The van der Waals surface area contributed by atoms with Crippen molar-refractivity contribution in [1.82, 2.24) is 0 Å². The van der Waals surface area contributed by atoms with Crippen LogP contribution in [0.1, 0.15) is 34.6 Å². The molecule has 1 amide bonds. The fraction of sp³-hybridized carbons (Fsp3) is 0.769. The first kappa shape index (κ1) is 17.2. The lowest BCUT2D eigenvalue weighted by Crippen LogP contribution is -2.42. The molecule has 5 heteroatoms. The van der Waals surface area contributed by atoms with E-state index >= 15 is 0 Å². The molecule has 0 rings (SSSR count). The normalized spacial score (nSPS) is 16.6. The Morgan fingerprint density at radius 3 is 2.00 bits per heavy atom. The molecule has 0 aliphatic heterocycles. The molecule has 0 radical (unpaired) electrons. The quantitative estimate of drug-likeness (QED) is 0.616. The van der Waals surface area contributed by atoms with E-state index in [1.54, 1.807) is 13.0 Å². The number of hydrogen-bond acceptors (Lipinski definition) is 3. The zero-order chi connectivity index (χ0) is 14.6. The first-order chi connectivity index (χ1) is 7.95. The molecule has 1 unspecified atom stereocenters. The Balaban J connectivity index is 4.39. The minimum absolute atomic E-state index is 0.00446. The SMILES string of the molecule is CC(/C=C/[C@H](C)OC(N)=O)O[Si](C)(C)C(C)(C)C. The van der Waals surface area contributed by atoms with Crippen molar-refractivity contribution in [2.24, 2.45) is 5.73 Å². The highest BCUT2D eigenvalue weighted by molar-refractivity contribution is 6.74. The molecular formula is C13H27NO3Si. The van der Waals surface area contributed by atoms with Crippen LogP contribution in [0.25, 0.3) is 0 Å². The second-order valence-electron chi connectivity index (χ2n) is 6.11. The molecule has 2 atom stereocenters. The van der Waals surface area contributed by atoms with Crippen molar-refractivity contribution in [3.63, 3.8) is 0 Å².